The lowest BCUT2D eigenvalue weighted by atomic mass is 10.3. The van der Waals surface area contributed by atoms with Gasteiger partial charge in [-0.1, -0.05) is 18.2 Å². The van der Waals surface area contributed by atoms with E-state index < -0.39 is 0 Å². The molecule has 0 saturated carbocycles. The third kappa shape index (κ3) is 2.93. The highest BCUT2D eigenvalue weighted by atomic mass is 15.3. The van der Waals surface area contributed by atoms with Gasteiger partial charge in [-0.05, 0) is 18.6 Å². The van der Waals surface area contributed by atoms with E-state index in [1.807, 2.05) is 47.4 Å². The summed E-state index contributed by atoms with van der Waals surface area (Å²) in [4.78, 5) is 4.38. The summed E-state index contributed by atoms with van der Waals surface area (Å²) in [5.74, 6) is 0.888. The minimum absolute atomic E-state index is 0.735. The molecule has 5 heteroatoms. The summed E-state index contributed by atoms with van der Waals surface area (Å²) in [6, 6.07) is 10.1. The number of nitrogens with one attached hydrogen (secondary N) is 2. The van der Waals surface area contributed by atoms with Crippen LogP contribution in [0.4, 0.5) is 0 Å². The fourth-order valence-corrected chi connectivity index (χ4v) is 2.01. The summed E-state index contributed by atoms with van der Waals surface area (Å²) in [7, 11) is 0. The maximum atomic E-state index is 4.38. The first-order chi connectivity index (χ1) is 9.42. The van der Waals surface area contributed by atoms with Gasteiger partial charge in [0.1, 0.15) is 0 Å². The van der Waals surface area contributed by atoms with Crippen molar-refractivity contribution in [3.63, 3.8) is 0 Å². The Bertz CT molecular complexity index is 558. The molecular formula is C14H17N5. The predicted molar refractivity (Wildman–Crippen MR) is 75.3 cm³/mol. The molecule has 0 atom stereocenters. The molecule has 0 saturated heterocycles. The highest BCUT2D eigenvalue weighted by molar-refractivity contribution is 5.80. The summed E-state index contributed by atoms with van der Waals surface area (Å²) in [5, 5.41) is 10.9. The summed E-state index contributed by atoms with van der Waals surface area (Å²) in [5.41, 5.74) is 2.21. The Morgan fingerprint density at radius 1 is 1.26 bits per heavy atom. The van der Waals surface area contributed by atoms with E-state index >= 15 is 0 Å². The van der Waals surface area contributed by atoms with Gasteiger partial charge in [-0.15, -0.1) is 0 Å². The minimum Gasteiger partial charge on any atom is -0.356 e. The Balaban J connectivity index is 1.64. The van der Waals surface area contributed by atoms with Crippen molar-refractivity contribution in [2.24, 2.45) is 4.99 Å². The SMILES string of the molecule is c1ccc(-n2cc(CNC3=NCCCN3)cn2)cc1. The molecule has 1 aliphatic heterocycles. The first-order valence-corrected chi connectivity index (χ1v) is 6.53. The van der Waals surface area contributed by atoms with E-state index in [2.05, 4.69) is 20.7 Å². The zero-order valence-corrected chi connectivity index (χ0v) is 10.7. The van der Waals surface area contributed by atoms with E-state index in [9.17, 15) is 0 Å². The second-order valence-electron chi connectivity index (χ2n) is 4.49. The summed E-state index contributed by atoms with van der Waals surface area (Å²) in [6.45, 7) is 2.63. The van der Waals surface area contributed by atoms with E-state index in [-0.39, 0.29) is 0 Å². The molecule has 1 aliphatic rings. The lowest BCUT2D eigenvalue weighted by molar-refractivity contribution is 0.702. The summed E-state index contributed by atoms with van der Waals surface area (Å²) >= 11 is 0. The monoisotopic (exact) mass is 255 g/mol. The Morgan fingerprint density at radius 3 is 2.95 bits per heavy atom. The van der Waals surface area contributed by atoms with E-state index in [0.717, 1.165) is 43.3 Å². The summed E-state index contributed by atoms with van der Waals surface area (Å²) < 4.78 is 1.88. The molecule has 3 rings (SSSR count). The largest absolute Gasteiger partial charge is 0.356 e. The van der Waals surface area contributed by atoms with Crippen molar-refractivity contribution in [2.75, 3.05) is 13.1 Å². The third-order valence-electron chi connectivity index (χ3n) is 3.01. The molecule has 2 heterocycles. The van der Waals surface area contributed by atoms with Crippen LogP contribution in [-0.4, -0.2) is 28.8 Å². The molecule has 0 unspecified atom stereocenters. The number of aliphatic imine (C=N–C) groups is 1. The van der Waals surface area contributed by atoms with Crippen LogP contribution < -0.4 is 10.6 Å². The minimum atomic E-state index is 0.735. The molecule has 0 amide bonds. The molecule has 2 N–H and O–H groups in total. The number of hydrogen-bond donors (Lipinski definition) is 2. The van der Waals surface area contributed by atoms with Crippen molar-refractivity contribution in [3.05, 3.63) is 48.3 Å². The zero-order chi connectivity index (χ0) is 12.9. The molecule has 0 bridgehead atoms. The van der Waals surface area contributed by atoms with Gasteiger partial charge in [-0.2, -0.15) is 5.10 Å². The van der Waals surface area contributed by atoms with Crippen LogP contribution >= 0.6 is 0 Å². The van der Waals surface area contributed by atoms with E-state index in [4.69, 9.17) is 0 Å². The number of hydrogen-bond acceptors (Lipinski definition) is 4. The number of benzene rings is 1. The lowest BCUT2D eigenvalue weighted by Crippen LogP contribution is -2.40. The van der Waals surface area contributed by atoms with Crippen LogP contribution in [-0.2, 0) is 6.54 Å². The topological polar surface area (TPSA) is 54.2 Å². The second-order valence-corrected chi connectivity index (χ2v) is 4.49. The Morgan fingerprint density at radius 2 is 2.16 bits per heavy atom. The van der Waals surface area contributed by atoms with Crippen molar-refractivity contribution in [1.82, 2.24) is 20.4 Å². The van der Waals surface area contributed by atoms with Crippen molar-refractivity contribution in [1.29, 1.82) is 0 Å². The van der Waals surface area contributed by atoms with E-state index in [0.29, 0.717) is 0 Å². The van der Waals surface area contributed by atoms with Crippen LogP contribution in [0, 0.1) is 0 Å². The number of rotatable bonds is 3. The third-order valence-corrected chi connectivity index (χ3v) is 3.01. The predicted octanol–water partition coefficient (Wildman–Crippen LogP) is 1.31. The number of aromatic nitrogens is 2. The molecule has 1 aromatic heterocycles. The van der Waals surface area contributed by atoms with Crippen molar-refractivity contribution < 1.29 is 0 Å². The van der Waals surface area contributed by atoms with Gasteiger partial charge in [0, 0.05) is 31.4 Å². The molecule has 1 aromatic carbocycles. The first-order valence-electron chi connectivity index (χ1n) is 6.53. The fraction of sp³-hybridized carbons (Fsp3) is 0.286. The fourth-order valence-electron chi connectivity index (χ4n) is 2.01. The average Bonchev–Trinajstić information content (AvgIpc) is 2.96. The molecule has 2 aromatic rings. The smallest absolute Gasteiger partial charge is 0.191 e. The van der Waals surface area contributed by atoms with E-state index in [1.54, 1.807) is 0 Å². The van der Waals surface area contributed by atoms with Gasteiger partial charge in [0.05, 0.1) is 11.9 Å². The second kappa shape index (κ2) is 5.56. The lowest BCUT2D eigenvalue weighted by Gasteiger charge is -2.15. The number of guanidine groups is 1. The van der Waals surface area contributed by atoms with Crippen molar-refractivity contribution in [3.8, 4) is 5.69 Å². The molecule has 19 heavy (non-hydrogen) atoms. The molecule has 0 spiro atoms. The van der Waals surface area contributed by atoms with Gasteiger partial charge in [-0.25, -0.2) is 4.68 Å². The van der Waals surface area contributed by atoms with Crippen LogP contribution in [0.5, 0.6) is 0 Å². The van der Waals surface area contributed by atoms with Crippen LogP contribution in [0.3, 0.4) is 0 Å². The number of para-hydroxylation sites is 1. The van der Waals surface area contributed by atoms with Gasteiger partial charge >= 0.3 is 0 Å². The maximum absolute atomic E-state index is 4.38. The van der Waals surface area contributed by atoms with Gasteiger partial charge in [0.15, 0.2) is 5.96 Å². The van der Waals surface area contributed by atoms with Crippen LogP contribution in [0.1, 0.15) is 12.0 Å². The van der Waals surface area contributed by atoms with Gasteiger partial charge in [0.2, 0.25) is 0 Å². The zero-order valence-electron chi connectivity index (χ0n) is 10.7. The van der Waals surface area contributed by atoms with Crippen molar-refractivity contribution in [2.45, 2.75) is 13.0 Å². The maximum Gasteiger partial charge on any atom is 0.191 e. The molecule has 0 aliphatic carbocycles. The highest BCUT2D eigenvalue weighted by Crippen LogP contribution is 2.07. The average molecular weight is 255 g/mol. The Kier molecular flexibility index (Phi) is 3.45. The molecule has 0 fully saturated rings. The molecule has 98 valence electrons. The van der Waals surface area contributed by atoms with Gasteiger partial charge in [0.25, 0.3) is 0 Å². The highest BCUT2D eigenvalue weighted by Gasteiger charge is 2.04. The first kappa shape index (κ1) is 11.8. The Hall–Kier alpha value is -2.30. The van der Waals surface area contributed by atoms with Crippen LogP contribution in [0.2, 0.25) is 0 Å². The normalized spacial score (nSPS) is 14.6. The summed E-state index contributed by atoms with van der Waals surface area (Å²) in [6.07, 6.45) is 5.02. The van der Waals surface area contributed by atoms with Crippen molar-refractivity contribution >= 4 is 5.96 Å². The standard InChI is InChI=1S/C14H17N5/c1-2-5-13(6-3-1)19-11-12(10-18-19)9-17-14-15-7-4-8-16-14/h1-3,5-6,10-11H,4,7-9H2,(H2,15,16,17). The van der Waals surface area contributed by atoms with Crippen LogP contribution in [0.25, 0.3) is 5.69 Å². The number of nitrogens with zero attached hydrogens (tertiary/aromatic N) is 3. The van der Waals surface area contributed by atoms with Crippen LogP contribution in [0.15, 0.2) is 47.7 Å². The quantitative estimate of drug-likeness (QED) is 0.869. The van der Waals surface area contributed by atoms with Gasteiger partial charge < -0.3 is 10.6 Å². The Labute approximate surface area is 112 Å². The molecule has 0 radical (unpaired) electrons. The molecular weight excluding hydrogens is 238 g/mol. The molecule has 5 nitrogen and oxygen atoms in total. The van der Waals surface area contributed by atoms with Gasteiger partial charge in [-0.3, -0.25) is 4.99 Å². The van der Waals surface area contributed by atoms with E-state index in [1.165, 1.54) is 0 Å².